The number of nitro groups is 1. The van der Waals surface area contributed by atoms with Crippen molar-refractivity contribution in [3.8, 4) is 0 Å². The third kappa shape index (κ3) is 5.04. The van der Waals surface area contributed by atoms with E-state index in [-0.39, 0.29) is 22.8 Å². The van der Waals surface area contributed by atoms with Crippen LogP contribution >= 0.6 is 22.9 Å². The van der Waals surface area contributed by atoms with Gasteiger partial charge in [-0.25, -0.2) is 0 Å². The largest absolute Gasteiger partial charge is 0.455 e. The second kappa shape index (κ2) is 7.70. The van der Waals surface area contributed by atoms with Crippen molar-refractivity contribution in [1.82, 2.24) is 0 Å². The molecule has 0 aliphatic heterocycles. The van der Waals surface area contributed by atoms with Crippen molar-refractivity contribution in [2.45, 2.75) is 6.42 Å². The van der Waals surface area contributed by atoms with Gasteiger partial charge in [-0.1, -0.05) is 11.6 Å². The first-order valence-electron chi connectivity index (χ1n) is 6.36. The van der Waals surface area contributed by atoms with Gasteiger partial charge in [-0.05, 0) is 28.5 Å². The van der Waals surface area contributed by atoms with Crippen molar-refractivity contribution in [3.63, 3.8) is 0 Å². The molecule has 1 aromatic carbocycles. The molecule has 2 aromatic rings. The van der Waals surface area contributed by atoms with Crippen LogP contribution in [0.5, 0.6) is 0 Å². The molecular weight excluding hydrogens is 344 g/mol. The number of thiophene rings is 1. The van der Waals surface area contributed by atoms with E-state index in [4.69, 9.17) is 16.3 Å². The minimum Gasteiger partial charge on any atom is -0.455 e. The number of non-ortho nitro benzene ring substituents is 1. The zero-order valence-electron chi connectivity index (χ0n) is 11.7. The van der Waals surface area contributed by atoms with Crippen molar-refractivity contribution < 1.29 is 19.2 Å². The van der Waals surface area contributed by atoms with Gasteiger partial charge in [-0.15, -0.1) is 0 Å². The molecule has 0 aliphatic carbocycles. The van der Waals surface area contributed by atoms with Crippen LogP contribution in [0.25, 0.3) is 0 Å². The zero-order valence-corrected chi connectivity index (χ0v) is 13.2. The van der Waals surface area contributed by atoms with Gasteiger partial charge in [0.25, 0.3) is 11.6 Å². The Hall–Kier alpha value is -2.45. The number of anilines is 1. The number of rotatable bonds is 6. The maximum absolute atomic E-state index is 11.7. The van der Waals surface area contributed by atoms with Gasteiger partial charge in [0.05, 0.1) is 22.1 Å². The Morgan fingerprint density at radius 3 is 2.74 bits per heavy atom. The number of halogens is 1. The summed E-state index contributed by atoms with van der Waals surface area (Å²) in [5.74, 6) is -1.10. The fraction of sp³-hybridized carbons (Fsp3) is 0.143. The summed E-state index contributed by atoms with van der Waals surface area (Å²) in [7, 11) is 0. The molecule has 1 aromatic heterocycles. The quantitative estimate of drug-likeness (QED) is 0.488. The molecule has 1 N–H and O–H groups in total. The van der Waals surface area contributed by atoms with E-state index in [9.17, 15) is 19.7 Å². The highest BCUT2D eigenvalue weighted by atomic mass is 35.5. The molecule has 0 saturated heterocycles. The Kier molecular flexibility index (Phi) is 5.67. The third-order valence-electron chi connectivity index (χ3n) is 2.73. The summed E-state index contributed by atoms with van der Waals surface area (Å²) < 4.78 is 4.85. The highest BCUT2D eigenvalue weighted by Gasteiger charge is 2.13. The Morgan fingerprint density at radius 2 is 2.13 bits per heavy atom. The van der Waals surface area contributed by atoms with E-state index in [1.165, 1.54) is 23.5 Å². The number of esters is 1. The number of nitro benzene ring substituents is 1. The predicted molar refractivity (Wildman–Crippen MR) is 85.7 cm³/mol. The summed E-state index contributed by atoms with van der Waals surface area (Å²) in [6, 6.07) is 5.44. The van der Waals surface area contributed by atoms with Crippen molar-refractivity contribution in [3.05, 3.63) is 55.7 Å². The lowest BCUT2D eigenvalue weighted by Gasteiger charge is -2.07. The molecule has 7 nitrogen and oxygen atoms in total. The molecule has 9 heteroatoms. The van der Waals surface area contributed by atoms with Crippen LogP contribution in [0.1, 0.15) is 5.56 Å². The first-order chi connectivity index (χ1) is 11.0. The number of benzene rings is 1. The standard InChI is InChI=1S/C14H11ClN2O5S/c15-11-6-10(17(20)21)1-2-12(11)16-13(18)7-22-14(19)5-9-3-4-23-8-9/h1-4,6,8H,5,7H2,(H,16,18). The van der Waals surface area contributed by atoms with Crippen LogP contribution in [0.2, 0.25) is 5.02 Å². The molecule has 1 amide bonds. The monoisotopic (exact) mass is 354 g/mol. The van der Waals surface area contributed by atoms with Crippen molar-refractivity contribution in [2.75, 3.05) is 11.9 Å². The Balaban J connectivity index is 1.85. The lowest BCUT2D eigenvalue weighted by atomic mass is 10.2. The topological polar surface area (TPSA) is 98.5 Å². The van der Waals surface area contributed by atoms with Gasteiger partial charge in [-0.2, -0.15) is 11.3 Å². The van der Waals surface area contributed by atoms with Crippen LogP contribution in [-0.2, 0) is 20.7 Å². The van der Waals surface area contributed by atoms with Gasteiger partial charge in [0.1, 0.15) is 0 Å². The number of ether oxygens (including phenoxy) is 1. The van der Waals surface area contributed by atoms with Crippen molar-refractivity contribution in [2.24, 2.45) is 0 Å². The van der Waals surface area contributed by atoms with E-state index in [1.807, 2.05) is 10.8 Å². The minimum absolute atomic E-state index is 0.0251. The SMILES string of the molecule is O=C(COC(=O)Cc1ccsc1)Nc1ccc([N+](=O)[O-])cc1Cl. The van der Waals surface area contributed by atoms with Gasteiger partial charge in [0.2, 0.25) is 0 Å². The van der Waals surface area contributed by atoms with E-state index in [0.717, 1.165) is 11.6 Å². The van der Waals surface area contributed by atoms with Crippen molar-refractivity contribution >= 4 is 46.2 Å². The maximum atomic E-state index is 11.7. The molecular formula is C14H11ClN2O5S. The number of nitrogens with one attached hydrogen (secondary N) is 1. The number of carbonyl (C=O) groups excluding carboxylic acids is 2. The highest BCUT2D eigenvalue weighted by molar-refractivity contribution is 7.08. The molecule has 0 spiro atoms. The smallest absolute Gasteiger partial charge is 0.310 e. The van der Waals surface area contributed by atoms with E-state index in [2.05, 4.69) is 5.32 Å². The van der Waals surface area contributed by atoms with Gasteiger partial charge in [0, 0.05) is 12.1 Å². The van der Waals surface area contributed by atoms with E-state index >= 15 is 0 Å². The summed E-state index contributed by atoms with van der Waals surface area (Å²) in [5, 5.41) is 16.7. The molecule has 0 atom stereocenters. The molecule has 0 fully saturated rings. The molecule has 0 unspecified atom stereocenters. The summed E-state index contributed by atoms with van der Waals surface area (Å²) in [6.07, 6.45) is 0.0923. The van der Waals surface area contributed by atoms with Crippen molar-refractivity contribution in [1.29, 1.82) is 0 Å². The molecule has 0 saturated carbocycles. The lowest BCUT2D eigenvalue weighted by molar-refractivity contribution is -0.384. The van der Waals surface area contributed by atoms with Crippen LogP contribution < -0.4 is 5.32 Å². The first kappa shape index (κ1) is 16.9. The highest BCUT2D eigenvalue weighted by Crippen LogP contribution is 2.26. The average molecular weight is 355 g/mol. The normalized spacial score (nSPS) is 10.1. The number of hydrogen-bond acceptors (Lipinski definition) is 6. The molecule has 2 rings (SSSR count). The Labute approximate surface area is 140 Å². The maximum Gasteiger partial charge on any atom is 0.310 e. The lowest BCUT2D eigenvalue weighted by Crippen LogP contribution is -2.21. The van der Waals surface area contributed by atoms with Gasteiger partial charge in [0.15, 0.2) is 6.61 Å². The summed E-state index contributed by atoms with van der Waals surface area (Å²) in [4.78, 5) is 33.3. The van der Waals surface area contributed by atoms with E-state index in [1.54, 1.807) is 6.07 Å². The van der Waals surface area contributed by atoms with Crippen LogP contribution in [0.4, 0.5) is 11.4 Å². The molecule has 120 valence electrons. The average Bonchev–Trinajstić information content (AvgIpc) is 3.00. The number of nitrogens with zero attached hydrogens (tertiary/aromatic N) is 1. The third-order valence-corrected chi connectivity index (χ3v) is 3.78. The molecule has 1 heterocycles. The number of hydrogen-bond donors (Lipinski definition) is 1. The minimum atomic E-state index is -0.594. The molecule has 23 heavy (non-hydrogen) atoms. The Bertz CT molecular complexity index is 733. The van der Waals surface area contributed by atoms with E-state index in [0.29, 0.717) is 0 Å². The first-order valence-corrected chi connectivity index (χ1v) is 7.68. The predicted octanol–water partition coefficient (Wildman–Crippen LogP) is 3.03. The summed E-state index contributed by atoms with van der Waals surface area (Å²) in [6.45, 7) is -0.462. The van der Waals surface area contributed by atoms with Gasteiger partial charge < -0.3 is 10.1 Å². The summed E-state index contributed by atoms with van der Waals surface area (Å²) >= 11 is 7.31. The fourth-order valence-corrected chi connectivity index (χ4v) is 2.55. The molecule has 0 bridgehead atoms. The fourth-order valence-electron chi connectivity index (χ4n) is 1.66. The van der Waals surface area contributed by atoms with Crippen LogP contribution in [0, 0.1) is 10.1 Å². The summed E-state index contributed by atoms with van der Waals surface area (Å²) in [5.41, 5.74) is 0.838. The zero-order chi connectivity index (χ0) is 16.8. The van der Waals surface area contributed by atoms with Gasteiger partial charge >= 0.3 is 5.97 Å². The second-order valence-corrected chi connectivity index (χ2v) is 5.63. The second-order valence-electron chi connectivity index (χ2n) is 4.44. The molecule has 0 radical (unpaired) electrons. The van der Waals surface area contributed by atoms with E-state index < -0.39 is 23.4 Å². The van der Waals surface area contributed by atoms with Crippen LogP contribution in [0.15, 0.2) is 35.0 Å². The van der Waals surface area contributed by atoms with Crippen LogP contribution in [-0.4, -0.2) is 23.4 Å². The number of amides is 1. The number of carbonyl (C=O) groups is 2. The van der Waals surface area contributed by atoms with Crippen LogP contribution in [0.3, 0.4) is 0 Å². The molecule has 0 aliphatic rings. The van der Waals surface area contributed by atoms with Gasteiger partial charge in [-0.3, -0.25) is 19.7 Å². The Morgan fingerprint density at radius 1 is 1.35 bits per heavy atom.